The van der Waals surface area contributed by atoms with E-state index in [0.717, 1.165) is 12.8 Å². The molecule has 0 unspecified atom stereocenters. The van der Waals surface area contributed by atoms with Gasteiger partial charge in [-0.05, 0) is 18.9 Å². The van der Waals surface area contributed by atoms with Crippen LogP contribution < -0.4 is 5.32 Å². The van der Waals surface area contributed by atoms with E-state index in [2.05, 4.69) is 20.3 Å². The van der Waals surface area contributed by atoms with Crippen LogP contribution in [0.3, 0.4) is 0 Å². The van der Waals surface area contributed by atoms with E-state index in [1.165, 1.54) is 19.0 Å². The van der Waals surface area contributed by atoms with E-state index in [1.54, 1.807) is 12.3 Å². The summed E-state index contributed by atoms with van der Waals surface area (Å²) in [6, 6.07) is 2.09. The first-order valence-corrected chi connectivity index (χ1v) is 5.60. The van der Waals surface area contributed by atoms with Gasteiger partial charge in [-0.2, -0.15) is 0 Å². The molecule has 2 rings (SSSR count). The Morgan fingerprint density at radius 3 is 2.89 bits per heavy atom. The molecule has 0 aliphatic heterocycles. The molecule has 98 valence electrons. The molecule has 18 heavy (non-hydrogen) atoms. The molecule has 6 nitrogen and oxygen atoms in total. The van der Waals surface area contributed by atoms with Crippen LogP contribution >= 0.6 is 12.4 Å². The number of nitrogens with one attached hydrogen (secondary N) is 1. The summed E-state index contributed by atoms with van der Waals surface area (Å²) < 4.78 is 0. The van der Waals surface area contributed by atoms with Gasteiger partial charge in [0.2, 0.25) is 5.95 Å². The van der Waals surface area contributed by atoms with Crippen molar-refractivity contribution in [3.8, 4) is 0 Å². The van der Waals surface area contributed by atoms with Gasteiger partial charge >= 0.3 is 6.09 Å². The summed E-state index contributed by atoms with van der Waals surface area (Å²) in [4.78, 5) is 22.7. The summed E-state index contributed by atoms with van der Waals surface area (Å²) in [6.07, 6.45) is 6.74. The highest BCUT2D eigenvalue weighted by Gasteiger charge is 2.12. The maximum absolute atomic E-state index is 10.4. The molecule has 1 fully saturated rings. The molecule has 1 amide bonds. The average molecular weight is 271 g/mol. The third kappa shape index (κ3) is 4.29. The minimum atomic E-state index is -1.17. The number of hydrogen-bond acceptors (Lipinski definition) is 4. The summed E-state index contributed by atoms with van der Waals surface area (Å²) in [6.45, 7) is 0. The molecule has 2 N–H and O–H groups in total. The van der Waals surface area contributed by atoms with E-state index in [-0.39, 0.29) is 18.4 Å². The predicted octanol–water partition coefficient (Wildman–Crippen LogP) is 2.35. The highest BCUT2D eigenvalue weighted by molar-refractivity contribution is 5.85. The van der Waals surface area contributed by atoms with Crippen LogP contribution in [0, 0.1) is 0 Å². The normalized spacial score (nSPS) is 15.6. The zero-order valence-corrected chi connectivity index (χ0v) is 10.6. The van der Waals surface area contributed by atoms with Crippen LogP contribution in [-0.2, 0) is 0 Å². The number of carbonyl (C=O) groups is 1. The van der Waals surface area contributed by atoms with Gasteiger partial charge in [0.1, 0.15) is 0 Å². The number of halogens is 1. The summed E-state index contributed by atoms with van der Waals surface area (Å²) in [5, 5.41) is 10.6. The Bertz CT molecular complexity index is 433. The smallest absolute Gasteiger partial charge is 0.411 e. The average Bonchev–Trinajstić information content (AvgIpc) is 2.79. The van der Waals surface area contributed by atoms with Crippen LogP contribution in [0.1, 0.15) is 31.4 Å². The maximum atomic E-state index is 10.4. The Morgan fingerprint density at radius 1 is 1.50 bits per heavy atom. The quantitative estimate of drug-likeness (QED) is 0.825. The number of hydrogen-bond donors (Lipinski definition) is 2. The second-order valence-corrected chi connectivity index (χ2v) is 3.95. The molecule has 1 aliphatic rings. The maximum Gasteiger partial charge on any atom is 0.411 e. The third-order valence-electron chi connectivity index (χ3n) is 2.64. The van der Waals surface area contributed by atoms with E-state index >= 15 is 0 Å². The lowest BCUT2D eigenvalue weighted by molar-refractivity contribution is 0.209. The second kappa shape index (κ2) is 6.90. The second-order valence-electron chi connectivity index (χ2n) is 3.95. The van der Waals surface area contributed by atoms with E-state index in [9.17, 15) is 4.79 Å². The highest BCUT2D eigenvalue weighted by Crippen LogP contribution is 2.20. The van der Waals surface area contributed by atoms with Crippen molar-refractivity contribution in [3.63, 3.8) is 0 Å². The number of anilines is 1. The molecule has 1 aromatic rings. The van der Waals surface area contributed by atoms with Crippen molar-refractivity contribution in [1.29, 1.82) is 0 Å². The van der Waals surface area contributed by atoms with E-state index in [1.807, 2.05) is 0 Å². The fraction of sp³-hybridized carbons (Fsp3) is 0.455. The SMILES string of the molecule is Cl.O=C(O)Nc1nccc(C=NC2CCCC2)n1. The topological polar surface area (TPSA) is 87.5 Å². The van der Waals surface area contributed by atoms with Crippen LogP contribution in [0.15, 0.2) is 17.3 Å². The zero-order valence-electron chi connectivity index (χ0n) is 9.74. The van der Waals surface area contributed by atoms with Crippen LogP contribution in [-0.4, -0.2) is 33.4 Å². The van der Waals surface area contributed by atoms with Gasteiger partial charge in [0, 0.05) is 12.4 Å². The monoisotopic (exact) mass is 270 g/mol. The minimum Gasteiger partial charge on any atom is -0.465 e. The van der Waals surface area contributed by atoms with Crippen molar-refractivity contribution in [3.05, 3.63) is 18.0 Å². The fourth-order valence-corrected chi connectivity index (χ4v) is 1.84. The van der Waals surface area contributed by atoms with Crippen LogP contribution in [0.5, 0.6) is 0 Å². The number of nitrogens with zero attached hydrogens (tertiary/aromatic N) is 3. The molecular formula is C11H15ClN4O2. The van der Waals surface area contributed by atoms with Gasteiger partial charge in [0.05, 0.1) is 11.7 Å². The van der Waals surface area contributed by atoms with Crippen LogP contribution in [0.25, 0.3) is 0 Å². The lowest BCUT2D eigenvalue weighted by Gasteiger charge is -2.01. The van der Waals surface area contributed by atoms with Gasteiger partial charge in [-0.15, -0.1) is 12.4 Å². The number of rotatable bonds is 3. The van der Waals surface area contributed by atoms with Crippen molar-refractivity contribution in [2.24, 2.45) is 4.99 Å². The molecule has 0 radical (unpaired) electrons. The van der Waals surface area contributed by atoms with E-state index < -0.39 is 6.09 Å². The Balaban J connectivity index is 0.00000162. The van der Waals surface area contributed by atoms with Gasteiger partial charge in [-0.3, -0.25) is 10.3 Å². The molecule has 0 aromatic carbocycles. The minimum absolute atomic E-state index is 0. The molecule has 7 heteroatoms. The predicted molar refractivity (Wildman–Crippen MR) is 70.8 cm³/mol. The number of aliphatic imine (C=N–C) groups is 1. The third-order valence-corrected chi connectivity index (χ3v) is 2.64. The summed E-state index contributed by atoms with van der Waals surface area (Å²) in [5.74, 6) is 0.0767. The Labute approximate surface area is 111 Å². The van der Waals surface area contributed by atoms with E-state index in [0.29, 0.717) is 11.7 Å². The number of amides is 1. The van der Waals surface area contributed by atoms with Crippen LogP contribution in [0.4, 0.5) is 10.7 Å². The van der Waals surface area contributed by atoms with Crippen molar-refractivity contribution in [1.82, 2.24) is 9.97 Å². The molecule has 1 heterocycles. The Hall–Kier alpha value is -1.69. The summed E-state index contributed by atoms with van der Waals surface area (Å²) in [5.41, 5.74) is 0.621. The van der Waals surface area contributed by atoms with Gasteiger partial charge in [-0.1, -0.05) is 12.8 Å². The first kappa shape index (κ1) is 14.4. The lowest BCUT2D eigenvalue weighted by Crippen LogP contribution is -2.11. The molecule has 1 saturated carbocycles. The molecule has 0 atom stereocenters. The Morgan fingerprint density at radius 2 is 2.22 bits per heavy atom. The first-order valence-electron chi connectivity index (χ1n) is 5.60. The molecule has 1 aliphatic carbocycles. The van der Waals surface area contributed by atoms with Gasteiger partial charge < -0.3 is 5.11 Å². The van der Waals surface area contributed by atoms with Crippen LogP contribution in [0.2, 0.25) is 0 Å². The van der Waals surface area contributed by atoms with Crippen molar-refractivity contribution < 1.29 is 9.90 Å². The lowest BCUT2D eigenvalue weighted by atomic mass is 10.3. The molecular weight excluding hydrogens is 256 g/mol. The van der Waals surface area contributed by atoms with Crippen molar-refractivity contribution >= 4 is 30.7 Å². The molecule has 0 spiro atoms. The first-order chi connectivity index (χ1) is 8.24. The molecule has 1 aromatic heterocycles. The Kier molecular flexibility index (Phi) is 5.51. The molecule has 0 saturated heterocycles. The van der Waals surface area contributed by atoms with Crippen molar-refractivity contribution in [2.75, 3.05) is 5.32 Å². The van der Waals surface area contributed by atoms with Gasteiger partial charge in [0.15, 0.2) is 0 Å². The van der Waals surface area contributed by atoms with Gasteiger partial charge in [-0.25, -0.2) is 14.8 Å². The highest BCUT2D eigenvalue weighted by atomic mass is 35.5. The van der Waals surface area contributed by atoms with E-state index in [4.69, 9.17) is 5.11 Å². The summed E-state index contributed by atoms with van der Waals surface area (Å²) >= 11 is 0. The standard InChI is InChI=1S/C11H14N4O2.ClH/c16-11(17)15-10-12-6-5-9(14-10)7-13-8-3-1-2-4-8;/h5-8H,1-4H2,(H,16,17)(H,12,14,15);1H. The fourth-order valence-electron chi connectivity index (χ4n) is 1.84. The molecule has 0 bridgehead atoms. The summed E-state index contributed by atoms with van der Waals surface area (Å²) in [7, 11) is 0. The number of carboxylic acid groups (broad SMARTS) is 1. The van der Waals surface area contributed by atoms with Gasteiger partial charge in [0.25, 0.3) is 0 Å². The van der Waals surface area contributed by atoms with Crippen molar-refractivity contribution in [2.45, 2.75) is 31.7 Å². The zero-order chi connectivity index (χ0) is 12.1. The largest absolute Gasteiger partial charge is 0.465 e. The number of aromatic nitrogens is 2.